The first-order valence-corrected chi connectivity index (χ1v) is 9.25. The quantitative estimate of drug-likeness (QED) is 0.769. The lowest BCUT2D eigenvalue weighted by molar-refractivity contribution is -0.123. The first-order valence-electron chi connectivity index (χ1n) is 8.05. The van der Waals surface area contributed by atoms with Gasteiger partial charge in [0.2, 0.25) is 6.79 Å². The van der Waals surface area contributed by atoms with Crippen molar-refractivity contribution in [3.05, 3.63) is 56.9 Å². The Balaban J connectivity index is 1.60. The zero-order valence-electron chi connectivity index (χ0n) is 14.2. The smallest absolute Gasteiger partial charge is 0.293 e. The highest BCUT2D eigenvalue weighted by Crippen LogP contribution is 2.39. The third-order valence-electron chi connectivity index (χ3n) is 4.21. The summed E-state index contributed by atoms with van der Waals surface area (Å²) in [5.41, 5.74) is 2.01. The van der Waals surface area contributed by atoms with Gasteiger partial charge in [-0.3, -0.25) is 14.5 Å². The number of halogens is 1. The Labute approximate surface area is 164 Å². The van der Waals surface area contributed by atoms with Crippen molar-refractivity contribution < 1.29 is 24.2 Å². The van der Waals surface area contributed by atoms with E-state index in [2.05, 4.69) is 0 Å². The fourth-order valence-electron chi connectivity index (χ4n) is 2.82. The monoisotopic (exact) mass is 403 g/mol. The van der Waals surface area contributed by atoms with E-state index < -0.39 is 11.1 Å². The van der Waals surface area contributed by atoms with Gasteiger partial charge in [-0.05, 0) is 48.5 Å². The van der Waals surface area contributed by atoms with Crippen LogP contribution in [0, 0.1) is 6.92 Å². The average molecular weight is 404 g/mol. The fraction of sp³-hybridized carbons (Fsp3) is 0.158. The highest BCUT2D eigenvalue weighted by molar-refractivity contribution is 8.18. The predicted octanol–water partition coefficient (Wildman–Crippen LogP) is 4.32. The first-order chi connectivity index (χ1) is 12.9. The van der Waals surface area contributed by atoms with E-state index in [1.807, 2.05) is 6.92 Å². The van der Waals surface area contributed by atoms with E-state index in [9.17, 15) is 14.7 Å². The van der Waals surface area contributed by atoms with Gasteiger partial charge in [-0.1, -0.05) is 23.2 Å². The van der Waals surface area contributed by atoms with Gasteiger partial charge >= 0.3 is 0 Å². The normalized spacial score (nSPS) is 17.3. The molecule has 0 spiro atoms. The number of hydrogen-bond acceptors (Lipinski definition) is 6. The van der Waals surface area contributed by atoms with Crippen molar-refractivity contribution in [1.29, 1.82) is 0 Å². The summed E-state index contributed by atoms with van der Waals surface area (Å²) in [7, 11) is 0. The van der Waals surface area contributed by atoms with Gasteiger partial charge in [0.15, 0.2) is 11.5 Å². The maximum absolute atomic E-state index is 12.7. The van der Waals surface area contributed by atoms with Crippen LogP contribution in [-0.4, -0.2) is 27.9 Å². The van der Waals surface area contributed by atoms with Crippen molar-refractivity contribution in [2.24, 2.45) is 0 Å². The van der Waals surface area contributed by atoms with Crippen molar-refractivity contribution in [2.75, 3.05) is 6.79 Å². The third kappa shape index (κ3) is 3.36. The number of benzene rings is 2. The molecule has 2 aromatic rings. The van der Waals surface area contributed by atoms with Gasteiger partial charge < -0.3 is 14.6 Å². The number of fused-ring (bicyclic) bond motifs is 1. The molecule has 0 atom stereocenters. The Kier molecular flexibility index (Phi) is 4.49. The number of carbonyl (C=O) groups is 2. The molecule has 8 heteroatoms. The number of amides is 2. The molecule has 6 nitrogen and oxygen atoms in total. The molecule has 2 aromatic carbocycles. The molecule has 1 fully saturated rings. The molecule has 0 radical (unpaired) electrons. The number of hydrogen-bond donors (Lipinski definition) is 1. The summed E-state index contributed by atoms with van der Waals surface area (Å²) in [6.45, 7) is 2.01. The zero-order chi connectivity index (χ0) is 19.1. The summed E-state index contributed by atoms with van der Waals surface area (Å²) in [5.74, 6) is 0.681. The molecule has 1 N–H and O–H groups in total. The van der Waals surface area contributed by atoms with Crippen LogP contribution in [0.15, 0.2) is 35.2 Å². The molecule has 0 bridgehead atoms. The first kappa shape index (κ1) is 17.8. The topological polar surface area (TPSA) is 76.1 Å². The van der Waals surface area contributed by atoms with Crippen LogP contribution >= 0.6 is 23.4 Å². The molecule has 2 heterocycles. The molecule has 0 saturated carbocycles. The summed E-state index contributed by atoms with van der Waals surface area (Å²) >= 11 is 7.08. The molecule has 1 saturated heterocycles. The number of imide groups is 1. The summed E-state index contributed by atoms with van der Waals surface area (Å²) < 4.78 is 10.6. The maximum atomic E-state index is 12.7. The molecular weight excluding hydrogens is 390 g/mol. The van der Waals surface area contributed by atoms with E-state index in [4.69, 9.17) is 21.1 Å². The van der Waals surface area contributed by atoms with Crippen LogP contribution in [0.1, 0.15) is 16.7 Å². The Morgan fingerprint density at radius 1 is 1.22 bits per heavy atom. The number of aryl methyl sites for hydroxylation is 1. The molecule has 27 heavy (non-hydrogen) atoms. The average Bonchev–Trinajstić information content (AvgIpc) is 3.17. The highest BCUT2D eigenvalue weighted by Gasteiger charge is 2.36. The largest absolute Gasteiger partial charge is 0.507 e. The molecule has 2 amide bonds. The lowest BCUT2D eigenvalue weighted by Crippen LogP contribution is -2.27. The lowest BCUT2D eigenvalue weighted by Gasteiger charge is -2.14. The fourth-order valence-corrected chi connectivity index (χ4v) is 3.86. The van der Waals surface area contributed by atoms with Gasteiger partial charge in [-0.15, -0.1) is 0 Å². The SMILES string of the molecule is Cc1ccc(O)c(/C=C2\SC(=O)N(Cc3cc4c(cc3Cl)OCO4)C2=O)c1. The number of aromatic hydroxyl groups is 1. The van der Waals surface area contributed by atoms with Gasteiger partial charge in [-0.25, -0.2) is 0 Å². The van der Waals surface area contributed by atoms with E-state index >= 15 is 0 Å². The number of nitrogens with zero attached hydrogens (tertiary/aromatic N) is 1. The Hall–Kier alpha value is -2.64. The Morgan fingerprint density at radius 2 is 1.96 bits per heavy atom. The molecule has 2 aliphatic rings. The van der Waals surface area contributed by atoms with Crippen molar-refractivity contribution in [2.45, 2.75) is 13.5 Å². The summed E-state index contributed by atoms with van der Waals surface area (Å²) in [6.07, 6.45) is 1.52. The van der Waals surface area contributed by atoms with Crippen molar-refractivity contribution >= 4 is 40.6 Å². The van der Waals surface area contributed by atoms with E-state index in [0.29, 0.717) is 27.6 Å². The second-order valence-corrected chi connectivity index (χ2v) is 7.53. The second-order valence-electron chi connectivity index (χ2n) is 6.13. The Morgan fingerprint density at radius 3 is 2.74 bits per heavy atom. The molecule has 0 unspecified atom stereocenters. The Bertz CT molecular complexity index is 1000. The summed E-state index contributed by atoms with van der Waals surface area (Å²) in [6, 6.07) is 8.35. The maximum Gasteiger partial charge on any atom is 0.293 e. The number of carbonyl (C=O) groups excluding carboxylic acids is 2. The van der Waals surface area contributed by atoms with Gasteiger partial charge in [0.1, 0.15) is 5.75 Å². The number of ether oxygens (including phenoxy) is 2. The van der Waals surface area contributed by atoms with E-state index in [0.717, 1.165) is 22.2 Å². The van der Waals surface area contributed by atoms with Crippen molar-refractivity contribution in [3.63, 3.8) is 0 Å². The summed E-state index contributed by atoms with van der Waals surface area (Å²) in [5, 5.41) is 9.96. The van der Waals surface area contributed by atoms with Crippen LogP contribution in [0.2, 0.25) is 5.02 Å². The van der Waals surface area contributed by atoms with E-state index in [1.54, 1.807) is 30.3 Å². The summed E-state index contributed by atoms with van der Waals surface area (Å²) in [4.78, 5) is 26.4. The van der Waals surface area contributed by atoms with Gasteiger partial charge in [0.25, 0.3) is 11.1 Å². The van der Waals surface area contributed by atoms with Crippen molar-refractivity contribution in [3.8, 4) is 17.2 Å². The molecule has 138 valence electrons. The molecule has 4 rings (SSSR count). The third-order valence-corrected chi connectivity index (χ3v) is 5.47. The van der Waals surface area contributed by atoms with Gasteiger partial charge in [-0.2, -0.15) is 0 Å². The van der Waals surface area contributed by atoms with Crippen LogP contribution in [0.25, 0.3) is 6.08 Å². The van der Waals surface area contributed by atoms with E-state index in [-0.39, 0.29) is 24.0 Å². The molecule has 2 aliphatic heterocycles. The minimum Gasteiger partial charge on any atom is -0.507 e. The molecular formula is C19H14ClNO5S. The molecule has 0 aliphatic carbocycles. The number of phenolic OH excluding ortho intramolecular Hbond substituents is 1. The van der Waals surface area contributed by atoms with Crippen LogP contribution in [0.4, 0.5) is 4.79 Å². The zero-order valence-corrected chi connectivity index (χ0v) is 15.8. The number of phenols is 1. The minimum absolute atomic E-state index is 0.0251. The van der Waals surface area contributed by atoms with Crippen LogP contribution in [0.3, 0.4) is 0 Å². The standard InChI is InChI=1S/C19H14ClNO5S/c1-10-2-3-14(22)11(4-10)6-17-18(23)21(19(24)27-17)8-12-5-15-16(7-13(12)20)26-9-25-15/h2-7,22H,8-9H2,1H3/b17-6-. The predicted molar refractivity (Wildman–Crippen MR) is 102 cm³/mol. The number of rotatable bonds is 3. The highest BCUT2D eigenvalue weighted by atomic mass is 35.5. The van der Waals surface area contributed by atoms with Crippen LogP contribution in [0.5, 0.6) is 17.2 Å². The number of thioether (sulfide) groups is 1. The second kappa shape index (κ2) is 6.83. The van der Waals surface area contributed by atoms with E-state index in [1.165, 1.54) is 6.08 Å². The molecule has 0 aromatic heterocycles. The van der Waals surface area contributed by atoms with Crippen LogP contribution < -0.4 is 9.47 Å². The minimum atomic E-state index is -0.431. The van der Waals surface area contributed by atoms with Gasteiger partial charge in [0, 0.05) is 16.7 Å². The van der Waals surface area contributed by atoms with Crippen LogP contribution in [-0.2, 0) is 11.3 Å². The lowest BCUT2D eigenvalue weighted by atomic mass is 10.1. The van der Waals surface area contributed by atoms with Gasteiger partial charge in [0.05, 0.1) is 11.4 Å². The van der Waals surface area contributed by atoms with Crippen molar-refractivity contribution in [1.82, 2.24) is 4.90 Å².